The van der Waals surface area contributed by atoms with Crippen molar-refractivity contribution in [3.05, 3.63) is 24.3 Å². The number of nitrogens with zero attached hydrogens (tertiary/aromatic N) is 1. The van der Waals surface area contributed by atoms with E-state index in [2.05, 4.69) is 31.2 Å². The Labute approximate surface area is 173 Å². The van der Waals surface area contributed by atoms with Crippen molar-refractivity contribution in [2.75, 3.05) is 27.7 Å². The van der Waals surface area contributed by atoms with E-state index in [1.807, 2.05) is 21.1 Å². The summed E-state index contributed by atoms with van der Waals surface area (Å²) < 4.78 is 12.1. The Morgan fingerprint density at radius 3 is 1.71 bits per heavy atom. The molecule has 0 amide bonds. The molecule has 0 aromatic rings. The van der Waals surface area contributed by atoms with E-state index >= 15 is 0 Å². The zero-order valence-electron chi connectivity index (χ0n) is 18.6. The maximum atomic E-state index is 11.7. The summed E-state index contributed by atoms with van der Waals surface area (Å²) in [7, 11) is 0.939. The Bertz CT molecular complexity index is 493. The highest BCUT2D eigenvalue weighted by atomic mass is 31.2. The molecule has 3 N–H and O–H groups in total. The highest BCUT2D eigenvalue weighted by Gasteiger charge is 2.48. The Hall–Kier alpha value is -0.450. The van der Waals surface area contributed by atoms with Gasteiger partial charge >= 0.3 is 7.60 Å². The zero-order chi connectivity index (χ0) is 21.5. The standard InChI is InChI=1S/C22H44NO4P/c1-5-6-7-8-9-10-11-12-13-14-15-16-17-18-19-20-22(24,28(25,26)27)21-23(2,3)4/h8-9,13-14,24H,5-7,10-12,15-21H2,1-4H3,(H-,25,26,27)/p+1/b9-8-,14-13-. The number of hydrogen-bond acceptors (Lipinski definition) is 2. The maximum absolute atomic E-state index is 11.7. The monoisotopic (exact) mass is 418 g/mol. The number of hydrogen-bond donors (Lipinski definition) is 3. The van der Waals surface area contributed by atoms with Crippen molar-refractivity contribution in [1.82, 2.24) is 0 Å². The summed E-state index contributed by atoms with van der Waals surface area (Å²) in [6, 6.07) is 0. The fourth-order valence-corrected chi connectivity index (χ4v) is 4.31. The summed E-state index contributed by atoms with van der Waals surface area (Å²) in [5.74, 6) is 0. The van der Waals surface area contributed by atoms with Gasteiger partial charge in [0.05, 0.1) is 21.1 Å². The van der Waals surface area contributed by atoms with Gasteiger partial charge in [0.1, 0.15) is 6.54 Å². The van der Waals surface area contributed by atoms with Crippen molar-refractivity contribution in [1.29, 1.82) is 0 Å². The lowest BCUT2D eigenvalue weighted by atomic mass is 10.1. The highest BCUT2D eigenvalue weighted by molar-refractivity contribution is 7.53. The van der Waals surface area contributed by atoms with Gasteiger partial charge in [-0.2, -0.15) is 0 Å². The summed E-state index contributed by atoms with van der Waals surface area (Å²) in [5, 5.41) is 8.57. The third-order valence-electron chi connectivity index (χ3n) is 4.77. The first-order valence-electron chi connectivity index (χ1n) is 10.9. The van der Waals surface area contributed by atoms with Gasteiger partial charge in [0.2, 0.25) is 5.34 Å². The van der Waals surface area contributed by atoms with Gasteiger partial charge in [-0.1, -0.05) is 56.9 Å². The van der Waals surface area contributed by atoms with Crippen molar-refractivity contribution >= 4 is 7.60 Å². The minimum atomic E-state index is -4.55. The molecule has 0 aliphatic carbocycles. The van der Waals surface area contributed by atoms with Crippen molar-refractivity contribution in [3.8, 4) is 0 Å². The van der Waals surface area contributed by atoms with Gasteiger partial charge in [-0.3, -0.25) is 4.57 Å². The van der Waals surface area contributed by atoms with Crippen LogP contribution in [0.5, 0.6) is 0 Å². The van der Waals surface area contributed by atoms with Crippen LogP contribution in [0.2, 0.25) is 0 Å². The summed E-state index contributed by atoms with van der Waals surface area (Å²) in [5.41, 5.74) is 0. The minimum Gasteiger partial charge on any atom is -0.373 e. The summed E-state index contributed by atoms with van der Waals surface area (Å²) in [4.78, 5) is 19.1. The molecule has 0 spiro atoms. The van der Waals surface area contributed by atoms with Gasteiger partial charge in [0, 0.05) is 0 Å². The number of likely N-dealkylation sites (N-methyl/N-ethyl adjacent to an activating group) is 1. The summed E-state index contributed by atoms with van der Waals surface area (Å²) in [6.07, 6.45) is 21.1. The van der Waals surface area contributed by atoms with Gasteiger partial charge in [0.25, 0.3) is 0 Å². The second-order valence-electron chi connectivity index (χ2n) is 8.94. The lowest BCUT2D eigenvalue weighted by Crippen LogP contribution is -2.49. The minimum absolute atomic E-state index is 0.0494. The molecule has 0 rings (SSSR count). The lowest BCUT2D eigenvalue weighted by molar-refractivity contribution is -0.875. The van der Waals surface area contributed by atoms with Crippen molar-refractivity contribution in [2.24, 2.45) is 0 Å². The second-order valence-corrected chi connectivity index (χ2v) is 10.9. The van der Waals surface area contributed by atoms with Crippen molar-refractivity contribution < 1.29 is 23.9 Å². The summed E-state index contributed by atoms with van der Waals surface area (Å²) >= 11 is 0. The lowest BCUT2D eigenvalue weighted by Gasteiger charge is -2.35. The van der Waals surface area contributed by atoms with Crippen LogP contribution in [0.3, 0.4) is 0 Å². The molecule has 0 aromatic heterocycles. The van der Waals surface area contributed by atoms with Crippen LogP contribution in [0.25, 0.3) is 0 Å². The fraction of sp³-hybridized carbons (Fsp3) is 0.818. The average Bonchev–Trinajstić information content (AvgIpc) is 2.56. The largest absolute Gasteiger partial charge is 0.373 e. The topological polar surface area (TPSA) is 77.8 Å². The normalized spacial score (nSPS) is 15.5. The van der Waals surface area contributed by atoms with Crippen LogP contribution in [0, 0.1) is 0 Å². The Morgan fingerprint density at radius 1 is 0.786 bits per heavy atom. The molecule has 0 saturated carbocycles. The van der Waals surface area contributed by atoms with Gasteiger partial charge in [-0.25, -0.2) is 0 Å². The zero-order valence-corrected chi connectivity index (χ0v) is 19.5. The van der Waals surface area contributed by atoms with Crippen LogP contribution in [0.4, 0.5) is 0 Å². The quantitative estimate of drug-likeness (QED) is 0.128. The number of aliphatic hydroxyl groups is 1. The molecular formula is C22H45NO4P+. The molecule has 28 heavy (non-hydrogen) atoms. The first-order valence-corrected chi connectivity index (χ1v) is 12.5. The first-order chi connectivity index (χ1) is 13.0. The molecule has 0 bridgehead atoms. The van der Waals surface area contributed by atoms with Crippen LogP contribution in [0.1, 0.15) is 84.0 Å². The van der Waals surface area contributed by atoms with Crippen LogP contribution in [0.15, 0.2) is 24.3 Å². The fourth-order valence-electron chi connectivity index (χ4n) is 3.25. The van der Waals surface area contributed by atoms with E-state index in [-0.39, 0.29) is 13.0 Å². The van der Waals surface area contributed by atoms with Crippen LogP contribution < -0.4 is 0 Å². The molecule has 1 unspecified atom stereocenters. The molecule has 0 aliphatic rings. The third kappa shape index (κ3) is 14.5. The van der Waals surface area contributed by atoms with Gasteiger partial charge in [-0.15, -0.1) is 0 Å². The molecule has 0 saturated heterocycles. The number of unbranched alkanes of at least 4 members (excludes halogenated alkanes) is 8. The highest BCUT2D eigenvalue weighted by Crippen LogP contribution is 2.52. The van der Waals surface area contributed by atoms with E-state index in [0.29, 0.717) is 10.9 Å². The van der Waals surface area contributed by atoms with Gasteiger partial charge in [-0.05, 0) is 51.4 Å². The summed E-state index contributed by atoms with van der Waals surface area (Å²) in [6.45, 7) is 2.26. The molecule has 0 aromatic carbocycles. The number of allylic oxidation sites excluding steroid dienone is 4. The predicted molar refractivity (Wildman–Crippen MR) is 119 cm³/mol. The van der Waals surface area contributed by atoms with Crippen LogP contribution >= 0.6 is 7.60 Å². The maximum Gasteiger partial charge on any atom is 0.362 e. The molecular weight excluding hydrogens is 373 g/mol. The Kier molecular flexibility index (Phi) is 14.3. The third-order valence-corrected chi connectivity index (χ3v) is 6.22. The Morgan fingerprint density at radius 2 is 1.25 bits per heavy atom. The van der Waals surface area contributed by atoms with E-state index < -0.39 is 12.9 Å². The molecule has 0 aliphatic heterocycles. The second kappa shape index (κ2) is 14.5. The van der Waals surface area contributed by atoms with E-state index in [1.165, 1.54) is 25.7 Å². The molecule has 0 fully saturated rings. The van der Waals surface area contributed by atoms with E-state index in [1.54, 1.807) is 0 Å². The molecule has 6 heteroatoms. The van der Waals surface area contributed by atoms with Gasteiger partial charge in [0.15, 0.2) is 0 Å². The van der Waals surface area contributed by atoms with Gasteiger partial charge < -0.3 is 19.4 Å². The van der Waals surface area contributed by atoms with Crippen molar-refractivity contribution in [2.45, 2.75) is 89.3 Å². The SMILES string of the molecule is CCCC/C=C\CCC/C=C\CCCCCCC(O)(C[N+](C)(C)C)P(=O)(O)O. The van der Waals surface area contributed by atoms with Crippen LogP contribution in [-0.4, -0.2) is 52.4 Å². The van der Waals surface area contributed by atoms with E-state index in [4.69, 9.17) is 0 Å². The molecule has 1 atom stereocenters. The predicted octanol–water partition coefficient (Wildman–Crippen LogP) is 5.37. The molecule has 166 valence electrons. The number of quaternary nitrogens is 1. The smallest absolute Gasteiger partial charge is 0.362 e. The van der Waals surface area contributed by atoms with Crippen LogP contribution in [-0.2, 0) is 4.57 Å². The molecule has 5 nitrogen and oxygen atoms in total. The molecule has 0 heterocycles. The Balaban J connectivity index is 3.84. The first kappa shape index (κ1) is 27.5. The van der Waals surface area contributed by atoms with E-state index in [0.717, 1.165) is 38.5 Å². The molecule has 0 radical (unpaired) electrons. The van der Waals surface area contributed by atoms with Crippen molar-refractivity contribution in [3.63, 3.8) is 0 Å². The average molecular weight is 419 g/mol. The van der Waals surface area contributed by atoms with E-state index in [9.17, 15) is 19.5 Å². The number of rotatable bonds is 17.